The van der Waals surface area contributed by atoms with E-state index in [9.17, 15) is 14.0 Å². The quantitative estimate of drug-likeness (QED) is 0.454. The van der Waals surface area contributed by atoms with Crippen LogP contribution in [0.3, 0.4) is 0 Å². The fourth-order valence-electron chi connectivity index (χ4n) is 2.77. The normalized spacial score (nSPS) is 11.1. The molecule has 2 aromatic heterocycles. The number of halogens is 2. The number of benzene rings is 1. The molecular weight excluding hydrogens is 423 g/mol. The van der Waals surface area contributed by atoms with Gasteiger partial charge in [-0.3, -0.25) is 14.4 Å². The minimum atomic E-state index is -0.661. The SMILES string of the molecule is Cn1c(Cc2ccc(Br)cc2F)c(C(=O)NOCCO)c2occc2c1=O. The van der Waals surface area contributed by atoms with E-state index < -0.39 is 11.7 Å². The number of nitrogens with zero attached hydrogens (tertiary/aromatic N) is 1. The molecule has 2 N–H and O–H groups in total. The summed E-state index contributed by atoms with van der Waals surface area (Å²) < 4.78 is 21.5. The van der Waals surface area contributed by atoms with Crippen LogP contribution in [0.4, 0.5) is 4.39 Å². The lowest BCUT2D eigenvalue weighted by molar-refractivity contribution is 0.0167. The van der Waals surface area contributed by atoms with Gasteiger partial charge >= 0.3 is 0 Å². The second-order valence-corrected chi connectivity index (χ2v) is 6.68. The second-order valence-electron chi connectivity index (χ2n) is 5.77. The molecule has 3 rings (SSSR count). The van der Waals surface area contributed by atoms with E-state index in [4.69, 9.17) is 14.4 Å². The predicted molar refractivity (Wildman–Crippen MR) is 98.9 cm³/mol. The molecule has 0 fully saturated rings. The number of pyridine rings is 1. The highest BCUT2D eigenvalue weighted by Gasteiger charge is 2.24. The average Bonchev–Trinajstić information content (AvgIpc) is 3.11. The van der Waals surface area contributed by atoms with Gasteiger partial charge in [0.05, 0.1) is 24.9 Å². The number of aliphatic hydroxyl groups excluding tert-OH is 1. The van der Waals surface area contributed by atoms with Gasteiger partial charge in [0, 0.05) is 23.6 Å². The van der Waals surface area contributed by atoms with Crippen molar-refractivity contribution in [3.8, 4) is 0 Å². The zero-order chi connectivity index (χ0) is 19.6. The van der Waals surface area contributed by atoms with Crippen LogP contribution >= 0.6 is 15.9 Å². The fraction of sp³-hybridized carbons (Fsp3) is 0.222. The number of fused-ring (bicyclic) bond motifs is 1. The number of carbonyl (C=O) groups is 1. The van der Waals surface area contributed by atoms with Gasteiger partial charge in [-0.15, -0.1) is 0 Å². The van der Waals surface area contributed by atoms with Crippen molar-refractivity contribution in [3.63, 3.8) is 0 Å². The van der Waals surface area contributed by atoms with Crippen LogP contribution in [-0.2, 0) is 18.3 Å². The highest BCUT2D eigenvalue weighted by molar-refractivity contribution is 9.10. The molecule has 9 heteroatoms. The summed E-state index contributed by atoms with van der Waals surface area (Å²) in [4.78, 5) is 30.1. The van der Waals surface area contributed by atoms with E-state index in [1.165, 1.54) is 30.0 Å². The molecule has 0 atom stereocenters. The maximum absolute atomic E-state index is 14.3. The molecule has 0 aliphatic carbocycles. The summed E-state index contributed by atoms with van der Waals surface area (Å²) in [5.41, 5.74) is 2.58. The summed E-state index contributed by atoms with van der Waals surface area (Å²) in [5.74, 6) is -1.13. The topological polar surface area (TPSA) is 93.7 Å². The summed E-state index contributed by atoms with van der Waals surface area (Å²) >= 11 is 3.20. The van der Waals surface area contributed by atoms with Crippen LogP contribution in [-0.4, -0.2) is 28.8 Å². The lowest BCUT2D eigenvalue weighted by Gasteiger charge is -2.15. The van der Waals surface area contributed by atoms with E-state index in [-0.39, 0.29) is 47.4 Å². The molecule has 0 spiro atoms. The molecule has 0 unspecified atom stereocenters. The van der Waals surface area contributed by atoms with Gasteiger partial charge in [0.1, 0.15) is 11.4 Å². The first kappa shape index (κ1) is 19.3. The van der Waals surface area contributed by atoms with E-state index in [1.807, 2.05) is 0 Å². The number of amides is 1. The Balaban J connectivity index is 2.14. The predicted octanol–water partition coefficient (Wildman–Crippen LogP) is 2.28. The van der Waals surface area contributed by atoms with Crippen LogP contribution in [0.1, 0.15) is 21.6 Å². The van der Waals surface area contributed by atoms with Crippen molar-refractivity contribution in [2.24, 2.45) is 7.05 Å². The second kappa shape index (κ2) is 8.03. The van der Waals surface area contributed by atoms with Crippen LogP contribution in [0, 0.1) is 5.82 Å². The third kappa shape index (κ3) is 3.80. The van der Waals surface area contributed by atoms with Crippen molar-refractivity contribution < 1.29 is 23.5 Å². The Labute approximate surface area is 161 Å². The van der Waals surface area contributed by atoms with E-state index in [2.05, 4.69) is 21.4 Å². The van der Waals surface area contributed by atoms with Crippen molar-refractivity contribution in [2.75, 3.05) is 13.2 Å². The molecule has 27 heavy (non-hydrogen) atoms. The van der Waals surface area contributed by atoms with Crippen molar-refractivity contribution in [1.82, 2.24) is 10.0 Å². The molecule has 0 bridgehead atoms. The Morgan fingerprint density at radius 1 is 1.41 bits per heavy atom. The standard InChI is InChI=1S/C18H16BrFN2O5/c1-22-14(8-10-2-3-11(19)9-13(10)20)15(17(24)21-27-7-5-23)16-12(18(22)25)4-6-26-16/h2-4,6,9,23H,5,7-8H2,1H3,(H,21,24). The Morgan fingerprint density at radius 3 is 2.89 bits per heavy atom. The Morgan fingerprint density at radius 2 is 2.19 bits per heavy atom. The van der Waals surface area contributed by atoms with Crippen LogP contribution in [0.2, 0.25) is 0 Å². The number of aliphatic hydroxyl groups is 1. The van der Waals surface area contributed by atoms with Crippen molar-refractivity contribution in [1.29, 1.82) is 0 Å². The molecule has 1 amide bonds. The van der Waals surface area contributed by atoms with Crippen LogP contribution in [0.25, 0.3) is 11.0 Å². The summed E-state index contributed by atoms with van der Waals surface area (Å²) in [5, 5.41) is 9.01. The monoisotopic (exact) mass is 438 g/mol. The molecule has 0 saturated carbocycles. The van der Waals surface area contributed by atoms with Crippen LogP contribution in [0.5, 0.6) is 0 Å². The van der Waals surface area contributed by atoms with Gasteiger partial charge in [-0.1, -0.05) is 22.0 Å². The third-order valence-electron chi connectivity index (χ3n) is 4.08. The molecular formula is C18H16BrFN2O5. The zero-order valence-corrected chi connectivity index (χ0v) is 15.9. The molecule has 0 radical (unpaired) electrons. The van der Waals surface area contributed by atoms with Crippen LogP contribution < -0.4 is 11.0 Å². The van der Waals surface area contributed by atoms with Gasteiger partial charge in [0.2, 0.25) is 0 Å². The Hall–Kier alpha value is -2.49. The smallest absolute Gasteiger partial charge is 0.280 e. The number of aromatic nitrogens is 1. The fourth-order valence-corrected chi connectivity index (χ4v) is 3.11. The van der Waals surface area contributed by atoms with Gasteiger partial charge in [0.15, 0.2) is 5.58 Å². The number of furan rings is 1. The first-order chi connectivity index (χ1) is 12.9. The Kier molecular flexibility index (Phi) is 5.73. The number of hydrogen-bond acceptors (Lipinski definition) is 5. The van der Waals surface area contributed by atoms with Gasteiger partial charge < -0.3 is 14.1 Å². The Bertz CT molecular complexity index is 1060. The van der Waals surface area contributed by atoms with Gasteiger partial charge in [-0.25, -0.2) is 9.87 Å². The molecule has 142 valence electrons. The van der Waals surface area contributed by atoms with Crippen LogP contribution in [0.15, 0.2) is 44.2 Å². The maximum atomic E-state index is 14.3. The van der Waals surface area contributed by atoms with E-state index in [0.29, 0.717) is 10.0 Å². The molecule has 3 aromatic rings. The summed E-state index contributed by atoms with van der Waals surface area (Å²) in [6.07, 6.45) is 1.30. The zero-order valence-electron chi connectivity index (χ0n) is 14.3. The number of nitrogens with one attached hydrogen (secondary N) is 1. The summed E-state index contributed by atoms with van der Waals surface area (Å²) in [6.45, 7) is -0.379. The number of rotatable bonds is 6. The lowest BCUT2D eigenvalue weighted by Crippen LogP contribution is -2.31. The highest BCUT2D eigenvalue weighted by Crippen LogP contribution is 2.24. The molecule has 1 aromatic carbocycles. The minimum absolute atomic E-state index is 0.00968. The third-order valence-corrected chi connectivity index (χ3v) is 4.57. The molecule has 2 heterocycles. The molecule has 0 saturated heterocycles. The maximum Gasteiger partial charge on any atom is 0.280 e. The van der Waals surface area contributed by atoms with E-state index in [0.717, 1.165) is 0 Å². The van der Waals surface area contributed by atoms with Crippen molar-refractivity contribution >= 4 is 32.8 Å². The first-order valence-electron chi connectivity index (χ1n) is 8.00. The average molecular weight is 439 g/mol. The highest BCUT2D eigenvalue weighted by atomic mass is 79.9. The number of carbonyl (C=O) groups excluding carboxylic acids is 1. The first-order valence-corrected chi connectivity index (χ1v) is 8.79. The minimum Gasteiger partial charge on any atom is -0.463 e. The lowest BCUT2D eigenvalue weighted by atomic mass is 10.0. The summed E-state index contributed by atoms with van der Waals surface area (Å²) in [6, 6.07) is 6.02. The van der Waals surface area contributed by atoms with E-state index in [1.54, 1.807) is 12.1 Å². The molecule has 0 aliphatic rings. The number of hydrogen-bond donors (Lipinski definition) is 2. The van der Waals surface area contributed by atoms with Crippen molar-refractivity contribution in [2.45, 2.75) is 6.42 Å². The van der Waals surface area contributed by atoms with Gasteiger partial charge in [-0.2, -0.15) is 0 Å². The summed E-state index contributed by atoms with van der Waals surface area (Å²) in [7, 11) is 1.51. The van der Waals surface area contributed by atoms with Gasteiger partial charge in [-0.05, 0) is 23.8 Å². The molecule has 7 nitrogen and oxygen atoms in total. The largest absolute Gasteiger partial charge is 0.463 e. The molecule has 0 aliphatic heterocycles. The van der Waals surface area contributed by atoms with Crippen molar-refractivity contribution in [3.05, 3.63) is 68.0 Å². The van der Waals surface area contributed by atoms with E-state index >= 15 is 0 Å². The van der Waals surface area contributed by atoms with Gasteiger partial charge in [0.25, 0.3) is 11.5 Å². The number of hydroxylamine groups is 1.